The summed E-state index contributed by atoms with van der Waals surface area (Å²) in [6, 6.07) is 2.13. The number of hydrogen-bond acceptors (Lipinski definition) is 1. The Hall–Kier alpha value is -0.331. The molecule has 2 heteroatoms. The van der Waals surface area contributed by atoms with E-state index in [1.165, 1.54) is 5.56 Å². The van der Waals surface area contributed by atoms with E-state index in [4.69, 9.17) is 0 Å². The molecule has 1 aromatic heterocycles. The zero-order valence-corrected chi connectivity index (χ0v) is 8.80. The third-order valence-corrected chi connectivity index (χ3v) is 2.05. The molecule has 0 bridgehead atoms. The summed E-state index contributed by atoms with van der Waals surface area (Å²) in [6.07, 6.45) is 3.75. The van der Waals surface area contributed by atoms with Crippen molar-refractivity contribution >= 4 is 20.5 Å². The van der Waals surface area contributed by atoms with Gasteiger partial charge in [0.05, 0.1) is 0 Å². The second-order valence-corrected chi connectivity index (χ2v) is 4.65. The van der Waals surface area contributed by atoms with Gasteiger partial charge in [-0.05, 0) is 0 Å². The predicted molar refractivity (Wildman–Crippen MR) is 48.3 cm³/mol. The Morgan fingerprint density at radius 1 is 1.27 bits per heavy atom. The van der Waals surface area contributed by atoms with Crippen LogP contribution in [0.15, 0.2) is 18.5 Å². The van der Waals surface area contributed by atoms with E-state index in [2.05, 4.69) is 47.8 Å². The Morgan fingerprint density at radius 2 is 1.91 bits per heavy atom. The van der Waals surface area contributed by atoms with Crippen molar-refractivity contribution in [1.29, 1.82) is 0 Å². The van der Waals surface area contributed by atoms with Gasteiger partial charge >= 0.3 is 75.7 Å². The first-order chi connectivity index (χ1) is 5.00. The second kappa shape index (κ2) is 2.96. The zero-order valence-electron chi connectivity index (χ0n) is 7.09. The summed E-state index contributed by atoms with van der Waals surface area (Å²) in [6.45, 7) is 6.55. The van der Waals surface area contributed by atoms with Gasteiger partial charge in [0.15, 0.2) is 0 Å². The van der Waals surface area contributed by atoms with Crippen molar-refractivity contribution in [3.8, 4) is 0 Å². The van der Waals surface area contributed by atoms with Crippen molar-refractivity contribution < 1.29 is 0 Å². The first kappa shape index (κ1) is 8.76. The van der Waals surface area contributed by atoms with Crippen LogP contribution in [0.25, 0.3) is 0 Å². The number of hydrogen-bond donors (Lipinski definition) is 0. The topological polar surface area (TPSA) is 12.9 Å². The van der Waals surface area contributed by atoms with E-state index in [0.717, 1.165) is 4.46 Å². The van der Waals surface area contributed by atoms with Crippen LogP contribution in [0.1, 0.15) is 26.3 Å². The van der Waals surface area contributed by atoms with Gasteiger partial charge in [-0.1, -0.05) is 0 Å². The van der Waals surface area contributed by atoms with Crippen LogP contribution >= 0.6 is 0 Å². The van der Waals surface area contributed by atoms with E-state index < -0.39 is 0 Å². The number of aromatic nitrogens is 1. The van der Waals surface area contributed by atoms with Crippen molar-refractivity contribution in [2.75, 3.05) is 0 Å². The Kier molecular flexibility index (Phi) is 2.36. The van der Waals surface area contributed by atoms with Crippen LogP contribution in [-0.4, -0.2) is 21.0 Å². The average molecular weight is 213 g/mol. The molecule has 0 N–H and O–H groups in total. The molecule has 0 atom stereocenters. The average Bonchev–Trinajstić information content (AvgIpc) is 1.86. The summed E-state index contributed by atoms with van der Waals surface area (Å²) in [5, 5.41) is 0. The fourth-order valence-corrected chi connectivity index (χ4v) is 1.22. The van der Waals surface area contributed by atoms with Crippen LogP contribution in [0.5, 0.6) is 0 Å². The predicted octanol–water partition coefficient (Wildman–Crippen LogP) is 1.17. The molecular formula is C9H12NSe. The summed E-state index contributed by atoms with van der Waals surface area (Å²) in [5.41, 5.74) is 1.47. The zero-order chi connectivity index (χ0) is 8.48. The number of rotatable bonds is 0. The van der Waals surface area contributed by atoms with Gasteiger partial charge in [-0.25, -0.2) is 0 Å². The van der Waals surface area contributed by atoms with Crippen molar-refractivity contribution in [3.05, 3.63) is 24.0 Å². The van der Waals surface area contributed by atoms with Crippen LogP contribution in [0.2, 0.25) is 0 Å². The van der Waals surface area contributed by atoms with Gasteiger partial charge in [-0.2, -0.15) is 0 Å². The van der Waals surface area contributed by atoms with E-state index in [-0.39, 0.29) is 5.41 Å². The van der Waals surface area contributed by atoms with Gasteiger partial charge in [0.2, 0.25) is 0 Å². The Balaban J connectivity index is 3.06. The van der Waals surface area contributed by atoms with E-state index in [0.29, 0.717) is 0 Å². The molecule has 0 amide bonds. The van der Waals surface area contributed by atoms with Crippen LogP contribution in [0, 0.1) is 0 Å². The molecule has 0 aromatic carbocycles. The van der Waals surface area contributed by atoms with Crippen molar-refractivity contribution in [1.82, 2.24) is 4.98 Å². The number of pyridine rings is 1. The van der Waals surface area contributed by atoms with E-state index >= 15 is 0 Å². The molecule has 1 radical (unpaired) electrons. The summed E-state index contributed by atoms with van der Waals surface area (Å²) in [7, 11) is 0. The molecule has 1 nitrogen and oxygen atoms in total. The molecule has 1 aromatic rings. The van der Waals surface area contributed by atoms with Gasteiger partial charge in [-0.15, -0.1) is 0 Å². The Morgan fingerprint density at radius 3 is 2.27 bits per heavy atom. The van der Waals surface area contributed by atoms with E-state index in [9.17, 15) is 0 Å². The summed E-state index contributed by atoms with van der Waals surface area (Å²) in [4.78, 5) is 4.12. The Labute approximate surface area is 76.0 Å². The molecule has 59 valence electrons. The molecule has 0 saturated carbocycles. The van der Waals surface area contributed by atoms with Crippen LogP contribution < -0.4 is 4.46 Å². The minimum absolute atomic E-state index is 0.201. The van der Waals surface area contributed by atoms with Crippen molar-refractivity contribution in [2.24, 2.45) is 0 Å². The van der Waals surface area contributed by atoms with Gasteiger partial charge in [-0.3, -0.25) is 0 Å². The molecule has 0 aliphatic carbocycles. The third kappa shape index (κ3) is 2.32. The summed E-state index contributed by atoms with van der Waals surface area (Å²) < 4.78 is 1.11. The van der Waals surface area contributed by atoms with Crippen LogP contribution in [-0.2, 0) is 5.41 Å². The molecule has 1 heterocycles. The van der Waals surface area contributed by atoms with Crippen LogP contribution in [0.3, 0.4) is 0 Å². The van der Waals surface area contributed by atoms with Gasteiger partial charge in [0.1, 0.15) is 0 Å². The SMILES string of the molecule is CC(C)(C)c1cncc([Se])c1. The standard InChI is InChI=1S/C9H12NSe/c1-9(2,3)7-4-8(11)6-10-5-7/h4-6H,1-3H3. The fraction of sp³-hybridized carbons (Fsp3) is 0.444. The first-order valence-electron chi connectivity index (χ1n) is 3.63. The molecule has 11 heavy (non-hydrogen) atoms. The second-order valence-electron chi connectivity index (χ2n) is 3.66. The van der Waals surface area contributed by atoms with Gasteiger partial charge in [0, 0.05) is 0 Å². The molecule has 0 fully saturated rings. The third-order valence-electron chi connectivity index (χ3n) is 1.58. The monoisotopic (exact) mass is 214 g/mol. The normalized spacial score (nSPS) is 11.5. The van der Waals surface area contributed by atoms with Crippen molar-refractivity contribution in [2.45, 2.75) is 26.2 Å². The van der Waals surface area contributed by atoms with Crippen LogP contribution in [0.4, 0.5) is 0 Å². The van der Waals surface area contributed by atoms with Gasteiger partial charge in [0.25, 0.3) is 0 Å². The quantitative estimate of drug-likeness (QED) is 0.589. The first-order valence-corrected chi connectivity index (χ1v) is 4.48. The summed E-state index contributed by atoms with van der Waals surface area (Å²) in [5.74, 6) is 0. The molecule has 0 unspecified atom stereocenters. The Bertz CT molecular complexity index is 250. The van der Waals surface area contributed by atoms with E-state index in [1.807, 2.05) is 12.4 Å². The molecule has 0 aliphatic rings. The maximum absolute atomic E-state index is 4.12. The summed E-state index contributed by atoms with van der Waals surface area (Å²) >= 11 is 2.95. The fourth-order valence-electron chi connectivity index (χ4n) is 0.829. The molecule has 1 rings (SSSR count). The molecule has 0 spiro atoms. The minimum atomic E-state index is 0.201. The molecule has 0 saturated heterocycles. The van der Waals surface area contributed by atoms with Gasteiger partial charge < -0.3 is 0 Å². The molecule has 0 aliphatic heterocycles. The maximum atomic E-state index is 4.12. The number of nitrogens with zero attached hydrogens (tertiary/aromatic N) is 1. The van der Waals surface area contributed by atoms with Crippen molar-refractivity contribution in [3.63, 3.8) is 0 Å². The van der Waals surface area contributed by atoms with E-state index in [1.54, 1.807) is 0 Å². The molecular weight excluding hydrogens is 201 g/mol.